The third-order valence-electron chi connectivity index (χ3n) is 3.40. The maximum Gasteiger partial charge on any atom is 0.255 e. The van der Waals surface area contributed by atoms with Gasteiger partial charge in [-0.3, -0.25) is 14.2 Å². The Labute approximate surface area is 133 Å². The van der Waals surface area contributed by atoms with E-state index < -0.39 is 0 Å². The van der Waals surface area contributed by atoms with E-state index in [0.29, 0.717) is 6.54 Å². The van der Waals surface area contributed by atoms with Crippen molar-refractivity contribution in [3.8, 4) is 11.4 Å². The van der Waals surface area contributed by atoms with Crippen molar-refractivity contribution in [3.63, 3.8) is 0 Å². The molecule has 2 aromatic heterocycles. The molecule has 6 heteroatoms. The van der Waals surface area contributed by atoms with Crippen LogP contribution in [0.2, 0.25) is 0 Å². The van der Waals surface area contributed by atoms with E-state index in [9.17, 15) is 9.59 Å². The van der Waals surface area contributed by atoms with Crippen LogP contribution in [0.1, 0.15) is 12.6 Å². The summed E-state index contributed by atoms with van der Waals surface area (Å²) in [5.41, 5.74) is 2.45. The fourth-order valence-corrected chi connectivity index (χ4v) is 2.24. The van der Waals surface area contributed by atoms with Crippen LogP contribution in [0.5, 0.6) is 0 Å². The maximum absolute atomic E-state index is 11.8. The molecule has 0 saturated heterocycles. The van der Waals surface area contributed by atoms with Crippen molar-refractivity contribution in [2.75, 3.05) is 0 Å². The molecule has 116 valence electrons. The first kappa shape index (κ1) is 14.8. The lowest BCUT2D eigenvalue weighted by molar-refractivity contribution is -0.119. The van der Waals surface area contributed by atoms with Gasteiger partial charge in [-0.25, -0.2) is 4.98 Å². The zero-order valence-corrected chi connectivity index (χ0v) is 12.6. The van der Waals surface area contributed by atoms with Gasteiger partial charge >= 0.3 is 0 Å². The van der Waals surface area contributed by atoms with Crippen LogP contribution in [0.4, 0.5) is 0 Å². The van der Waals surface area contributed by atoms with Gasteiger partial charge in [0.15, 0.2) is 0 Å². The first-order valence-electron chi connectivity index (χ1n) is 7.19. The van der Waals surface area contributed by atoms with E-state index in [1.807, 2.05) is 41.1 Å². The summed E-state index contributed by atoms with van der Waals surface area (Å²) in [6, 6.07) is 12.7. The largest absolute Gasteiger partial charge is 0.351 e. The number of hydrogen-bond acceptors (Lipinski definition) is 3. The van der Waals surface area contributed by atoms with E-state index in [4.69, 9.17) is 0 Å². The van der Waals surface area contributed by atoms with Crippen molar-refractivity contribution in [2.45, 2.75) is 13.5 Å². The van der Waals surface area contributed by atoms with Gasteiger partial charge in [-0.1, -0.05) is 6.07 Å². The van der Waals surface area contributed by atoms with E-state index in [1.165, 1.54) is 13.0 Å². The first-order chi connectivity index (χ1) is 11.1. The Kier molecular flexibility index (Phi) is 4.05. The lowest BCUT2D eigenvalue weighted by Crippen LogP contribution is -2.18. The fourth-order valence-electron chi connectivity index (χ4n) is 2.24. The molecule has 0 saturated carbocycles. The second-order valence-corrected chi connectivity index (χ2v) is 5.11. The summed E-state index contributed by atoms with van der Waals surface area (Å²) in [7, 11) is 0. The summed E-state index contributed by atoms with van der Waals surface area (Å²) in [5, 5.41) is 2.71. The second-order valence-electron chi connectivity index (χ2n) is 5.11. The smallest absolute Gasteiger partial charge is 0.255 e. The monoisotopic (exact) mass is 308 g/mol. The molecule has 6 nitrogen and oxygen atoms in total. The zero-order chi connectivity index (χ0) is 16.2. The molecular formula is C17H16N4O2. The van der Waals surface area contributed by atoms with Gasteiger partial charge in [0.1, 0.15) is 0 Å². The summed E-state index contributed by atoms with van der Waals surface area (Å²) < 4.78 is 3.45. The number of nitrogens with zero attached hydrogens (tertiary/aromatic N) is 3. The Balaban J connectivity index is 1.81. The van der Waals surface area contributed by atoms with Crippen LogP contribution in [0.3, 0.4) is 0 Å². The van der Waals surface area contributed by atoms with Crippen molar-refractivity contribution in [2.24, 2.45) is 0 Å². The average molecular weight is 308 g/mol. The molecule has 0 spiro atoms. The number of rotatable bonds is 4. The maximum atomic E-state index is 11.8. The molecule has 2 heterocycles. The number of benzene rings is 1. The molecule has 0 unspecified atom stereocenters. The number of hydrogen-bond donors (Lipinski definition) is 1. The predicted octanol–water partition coefficient (Wildman–Crippen LogP) is 1.66. The number of amides is 1. The second kappa shape index (κ2) is 6.31. The van der Waals surface area contributed by atoms with Crippen LogP contribution in [0.15, 0.2) is 66.0 Å². The van der Waals surface area contributed by atoms with Crippen LogP contribution in [-0.2, 0) is 11.3 Å². The van der Waals surface area contributed by atoms with Gasteiger partial charge in [0, 0.05) is 36.8 Å². The first-order valence-corrected chi connectivity index (χ1v) is 7.19. The zero-order valence-electron chi connectivity index (χ0n) is 12.6. The van der Waals surface area contributed by atoms with Crippen LogP contribution >= 0.6 is 0 Å². The number of pyridine rings is 1. The number of aromatic nitrogens is 3. The molecule has 0 aliphatic heterocycles. The minimum atomic E-state index is -0.0859. The highest BCUT2D eigenvalue weighted by molar-refractivity contribution is 5.72. The van der Waals surface area contributed by atoms with Crippen molar-refractivity contribution in [1.82, 2.24) is 19.4 Å². The highest BCUT2D eigenvalue weighted by Crippen LogP contribution is 2.12. The van der Waals surface area contributed by atoms with E-state index in [-0.39, 0.29) is 11.5 Å². The topological polar surface area (TPSA) is 68.9 Å². The van der Waals surface area contributed by atoms with Gasteiger partial charge in [-0.2, -0.15) is 0 Å². The molecular weight excluding hydrogens is 292 g/mol. The molecule has 1 amide bonds. The van der Waals surface area contributed by atoms with Gasteiger partial charge in [-0.05, 0) is 30.3 Å². The summed E-state index contributed by atoms with van der Waals surface area (Å²) in [6.45, 7) is 1.88. The van der Waals surface area contributed by atoms with Gasteiger partial charge in [-0.15, -0.1) is 0 Å². The summed E-state index contributed by atoms with van der Waals surface area (Å²) in [6.07, 6.45) is 5.29. The van der Waals surface area contributed by atoms with E-state index >= 15 is 0 Å². The standard InChI is InChI=1S/C17H16N4O2/c1-13(22)18-10-14-11-20(12-19-14)15-5-7-16(8-6-15)21-9-3-2-4-17(21)23/h2-9,11-12H,10H2,1H3,(H,18,22). The summed E-state index contributed by atoms with van der Waals surface area (Å²) >= 11 is 0. The van der Waals surface area contributed by atoms with E-state index in [0.717, 1.165) is 17.1 Å². The highest BCUT2D eigenvalue weighted by Gasteiger charge is 2.03. The summed E-state index contributed by atoms with van der Waals surface area (Å²) in [5.74, 6) is -0.0859. The lowest BCUT2D eigenvalue weighted by Gasteiger charge is -2.07. The number of nitrogens with one attached hydrogen (secondary N) is 1. The van der Waals surface area contributed by atoms with Gasteiger partial charge in [0.2, 0.25) is 5.91 Å². The van der Waals surface area contributed by atoms with Crippen LogP contribution < -0.4 is 10.9 Å². The molecule has 1 aromatic carbocycles. The third-order valence-corrected chi connectivity index (χ3v) is 3.40. The molecule has 0 aliphatic rings. The SMILES string of the molecule is CC(=O)NCc1cn(-c2ccc(-n3ccccc3=O)cc2)cn1. The lowest BCUT2D eigenvalue weighted by atomic mass is 10.2. The third kappa shape index (κ3) is 3.37. The quantitative estimate of drug-likeness (QED) is 0.797. The molecule has 3 aromatic rings. The molecule has 0 fully saturated rings. The molecule has 1 N–H and O–H groups in total. The Morgan fingerprint density at radius 3 is 2.57 bits per heavy atom. The molecule has 23 heavy (non-hydrogen) atoms. The Bertz CT molecular complexity index is 878. The number of carbonyl (C=O) groups excluding carboxylic acids is 1. The van der Waals surface area contributed by atoms with E-state index in [2.05, 4.69) is 10.3 Å². The van der Waals surface area contributed by atoms with Crippen molar-refractivity contribution < 1.29 is 4.79 Å². The van der Waals surface area contributed by atoms with Crippen LogP contribution in [0.25, 0.3) is 11.4 Å². The van der Waals surface area contributed by atoms with Crippen molar-refractivity contribution in [3.05, 3.63) is 77.2 Å². The Hall–Kier alpha value is -3.15. The molecule has 3 rings (SSSR count). The molecule has 0 atom stereocenters. The van der Waals surface area contributed by atoms with Crippen molar-refractivity contribution >= 4 is 5.91 Å². The Morgan fingerprint density at radius 2 is 1.87 bits per heavy atom. The number of imidazole rings is 1. The highest BCUT2D eigenvalue weighted by atomic mass is 16.1. The number of carbonyl (C=O) groups is 1. The summed E-state index contributed by atoms with van der Waals surface area (Å²) in [4.78, 5) is 27.0. The normalized spacial score (nSPS) is 10.5. The van der Waals surface area contributed by atoms with Crippen molar-refractivity contribution in [1.29, 1.82) is 0 Å². The van der Waals surface area contributed by atoms with Gasteiger partial charge in [0.05, 0.1) is 18.6 Å². The van der Waals surface area contributed by atoms with Gasteiger partial charge in [0.25, 0.3) is 5.56 Å². The molecule has 0 aliphatic carbocycles. The molecule has 0 bridgehead atoms. The van der Waals surface area contributed by atoms with Crippen LogP contribution in [-0.4, -0.2) is 20.0 Å². The minimum Gasteiger partial charge on any atom is -0.351 e. The molecule has 0 radical (unpaired) electrons. The fraction of sp³-hybridized carbons (Fsp3) is 0.118. The Morgan fingerprint density at radius 1 is 1.13 bits per heavy atom. The van der Waals surface area contributed by atoms with E-state index in [1.54, 1.807) is 23.2 Å². The van der Waals surface area contributed by atoms with Gasteiger partial charge < -0.3 is 9.88 Å². The minimum absolute atomic E-state index is 0.0690. The van der Waals surface area contributed by atoms with Crippen LogP contribution in [0, 0.1) is 0 Å². The predicted molar refractivity (Wildman–Crippen MR) is 86.7 cm³/mol. The average Bonchev–Trinajstić information content (AvgIpc) is 3.03.